The Morgan fingerprint density at radius 2 is 1.63 bits per heavy atom. The fraction of sp³-hybridized carbons (Fsp3) is 0.174. The van der Waals surface area contributed by atoms with Gasteiger partial charge in [-0.2, -0.15) is 0 Å². The first kappa shape index (κ1) is 21.5. The molecular formula is C23H23NO5S. The van der Waals surface area contributed by atoms with Crippen LogP contribution >= 0.6 is 0 Å². The van der Waals surface area contributed by atoms with Crippen molar-refractivity contribution in [1.82, 2.24) is 4.72 Å². The molecule has 3 rings (SSSR count). The Bertz CT molecular complexity index is 1020. The van der Waals surface area contributed by atoms with Gasteiger partial charge in [0.05, 0.1) is 18.4 Å². The summed E-state index contributed by atoms with van der Waals surface area (Å²) in [5.41, 5.74) is 1.09. The van der Waals surface area contributed by atoms with Gasteiger partial charge in [-0.1, -0.05) is 35.9 Å². The van der Waals surface area contributed by atoms with Crippen molar-refractivity contribution in [2.45, 2.75) is 18.2 Å². The topological polar surface area (TPSA) is 73.9 Å². The molecule has 3 aromatic carbocycles. The van der Waals surface area contributed by atoms with Crippen LogP contribution in [-0.2, 0) is 15.8 Å². The second-order valence-corrected chi connectivity index (χ2v) is 7.73. The van der Waals surface area contributed by atoms with Crippen LogP contribution in [0.3, 0.4) is 0 Å². The Morgan fingerprint density at radius 3 is 2.37 bits per heavy atom. The number of benzene rings is 3. The van der Waals surface area contributed by atoms with Crippen molar-refractivity contribution < 1.29 is 23.2 Å². The fourth-order valence-electron chi connectivity index (χ4n) is 2.58. The first-order valence-electron chi connectivity index (χ1n) is 9.39. The zero-order valence-electron chi connectivity index (χ0n) is 16.8. The highest BCUT2D eigenvalue weighted by Gasteiger charge is 2.12. The summed E-state index contributed by atoms with van der Waals surface area (Å²) in [6.07, 6.45) is 0.0606. The average Bonchev–Trinajstić information content (AvgIpc) is 2.75. The van der Waals surface area contributed by atoms with E-state index in [0.717, 1.165) is 5.56 Å². The summed E-state index contributed by atoms with van der Waals surface area (Å²) in [6.45, 7) is 2.18. The van der Waals surface area contributed by atoms with Crippen LogP contribution < -0.4 is 18.9 Å². The summed E-state index contributed by atoms with van der Waals surface area (Å²) < 4.78 is 31.5. The lowest BCUT2D eigenvalue weighted by Gasteiger charge is -2.12. The summed E-state index contributed by atoms with van der Waals surface area (Å²) in [7, 11) is 0.195. The maximum Gasteiger partial charge on any atom is 0.312 e. The molecule has 0 heterocycles. The van der Waals surface area contributed by atoms with Crippen molar-refractivity contribution in [1.29, 1.82) is 0 Å². The fourth-order valence-corrected chi connectivity index (χ4v) is 3.41. The highest BCUT2D eigenvalue weighted by Crippen LogP contribution is 2.32. The molecular weight excluding hydrogens is 402 g/mol. The molecule has 0 radical (unpaired) electrons. The maximum absolute atomic E-state index is 12.2. The molecule has 0 saturated heterocycles. The van der Waals surface area contributed by atoms with E-state index in [4.69, 9.17) is 14.2 Å². The Morgan fingerprint density at radius 1 is 0.933 bits per heavy atom. The van der Waals surface area contributed by atoms with Gasteiger partial charge in [-0.3, -0.25) is 4.79 Å². The minimum Gasteiger partial charge on any atom is -0.497 e. The highest BCUT2D eigenvalue weighted by atomic mass is 32.2. The molecule has 0 amide bonds. The lowest BCUT2D eigenvalue weighted by Crippen LogP contribution is -2.22. The van der Waals surface area contributed by atoms with Gasteiger partial charge in [0.25, 0.3) is 0 Å². The summed E-state index contributed by atoms with van der Waals surface area (Å²) in [5.74, 6) is 1.49. The first-order chi connectivity index (χ1) is 14.5. The zero-order valence-corrected chi connectivity index (χ0v) is 17.6. The van der Waals surface area contributed by atoms with Gasteiger partial charge in [0.15, 0.2) is 11.5 Å². The van der Waals surface area contributed by atoms with E-state index in [0.29, 0.717) is 27.9 Å². The van der Waals surface area contributed by atoms with Gasteiger partial charge < -0.3 is 14.2 Å². The summed E-state index contributed by atoms with van der Waals surface area (Å²) >= 11 is 0. The van der Waals surface area contributed by atoms with Crippen molar-refractivity contribution in [2.75, 3.05) is 13.7 Å². The molecule has 3 aromatic rings. The standard InChI is InChI=1S/C23H23NO5S/c1-17-10-12-20(13-11-17)30(26)24-15-14-23(25)29-22-9-4-3-8-21(22)28-19-7-5-6-18(16-19)27-2/h3-13,16,24H,14-15H2,1-2H3. The van der Waals surface area contributed by atoms with E-state index >= 15 is 0 Å². The lowest BCUT2D eigenvalue weighted by atomic mass is 10.2. The number of aryl methyl sites for hydroxylation is 1. The molecule has 0 fully saturated rings. The van der Waals surface area contributed by atoms with Gasteiger partial charge in [0.2, 0.25) is 0 Å². The molecule has 1 N–H and O–H groups in total. The highest BCUT2D eigenvalue weighted by molar-refractivity contribution is 7.83. The molecule has 0 aliphatic rings. The van der Waals surface area contributed by atoms with E-state index in [1.807, 2.05) is 31.2 Å². The summed E-state index contributed by atoms with van der Waals surface area (Å²) in [4.78, 5) is 12.9. The van der Waals surface area contributed by atoms with E-state index in [-0.39, 0.29) is 13.0 Å². The van der Waals surface area contributed by atoms with Crippen molar-refractivity contribution in [3.05, 3.63) is 78.4 Å². The normalized spacial score (nSPS) is 11.5. The van der Waals surface area contributed by atoms with E-state index in [1.54, 1.807) is 55.6 Å². The van der Waals surface area contributed by atoms with Crippen LogP contribution in [0.25, 0.3) is 0 Å². The number of rotatable bonds is 9. The van der Waals surface area contributed by atoms with E-state index in [1.165, 1.54) is 0 Å². The van der Waals surface area contributed by atoms with Crippen molar-refractivity contribution in [2.24, 2.45) is 0 Å². The minimum absolute atomic E-state index is 0.0606. The molecule has 0 spiro atoms. The molecule has 0 aliphatic heterocycles. The van der Waals surface area contributed by atoms with Crippen LogP contribution in [-0.4, -0.2) is 23.8 Å². The van der Waals surface area contributed by atoms with Gasteiger partial charge in [0, 0.05) is 12.6 Å². The monoisotopic (exact) mass is 425 g/mol. The van der Waals surface area contributed by atoms with Crippen molar-refractivity contribution >= 4 is 17.0 Å². The maximum atomic E-state index is 12.2. The molecule has 6 nitrogen and oxygen atoms in total. The van der Waals surface area contributed by atoms with Gasteiger partial charge >= 0.3 is 5.97 Å². The minimum atomic E-state index is -1.38. The number of methoxy groups -OCH3 is 1. The SMILES string of the molecule is COc1cccc(Oc2ccccc2OC(=O)CCNS(=O)c2ccc(C)cc2)c1. The van der Waals surface area contributed by atoms with Crippen LogP contribution in [0.5, 0.6) is 23.0 Å². The van der Waals surface area contributed by atoms with Gasteiger partial charge in [-0.25, -0.2) is 8.93 Å². The number of ether oxygens (including phenoxy) is 3. The molecule has 0 aromatic heterocycles. The number of carbonyl (C=O) groups is 1. The van der Waals surface area contributed by atoms with Crippen LogP contribution in [0.1, 0.15) is 12.0 Å². The average molecular weight is 426 g/mol. The summed E-state index contributed by atoms with van der Waals surface area (Å²) in [5, 5.41) is 0. The number of carbonyl (C=O) groups excluding carboxylic acids is 1. The zero-order chi connectivity index (χ0) is 21.3. The van der Waals surface area contributed by atoms with E-state index < -0.39 is 17.0 Å². The van der Waals surface area contributed by atoms with Gasteiger partial charge in [0.1, 0.15) is 22.5 Å². The first-order valence-corrected chi connectivity index (χ1v) is 10.5. The van der Waals surface area contributed by atoms with E-state index in [2.05, 4.69) is 4.72 Å². The third kappa shape index (κ3) is 6.17. The lowest BCUT2D eigenvalue weighted by molar-refractivity contribution is -0.134. The third-order valence-electron chi connectivity index (χ3n) is 4.14. The second kappa shape index (κ2) is 10.6. The molecule has 1 unspecified atom stereocenters. The van der Waals surface area contributed by atoms with Crippen molar-refractivity contribution in [3.8, 4) is 23.0 Å². The van der Waals surface area contributed by atoms with Crippen LogP contribution in [0.15, 0.2) is 77.7 Å². The smallest absolute Gasteiger partial charge is 0.312 e. The number of nitrogens with one attached hydrogen (secondary N) is 1. The van der Waals surface area contributed by atoms with E-state index in [9.17, 15) is 9.00 Å². The van der Waals surface area contributed by atoms with Gasteiger partial charge in [-0.15, -0.1) is 0 Å². The largest absolute Gasteiger partial charge is 0.497 e. The molecule has 30 heavy (non-hydrogen) atoms. The Labute approximate surface area is 178 Å². The molecule has 7 heteroatoms. The molecule has 1 atom stereocenters. The van der Waals surface area contributed by atoms with Crippen LogP contribution in [0.2, 0.25) is 0 Å². The van der Waals surface area contributed by atoms with Gasteiger partial charge in [-0.05, 0) is 43.3 Å². The second-order valence-electron chi connectivity index (χ2n) is 6.43. The Balaban J connectivity index is 1.55. The number of hydrogen-bond acceptors (Lipinski definition) is 5. The Hall–Kier alpha value is -3.16. The van der Waals surface area contributed by atoms with Crippen LogP contribution in [0, 0.1) is 6.92 Å². The summed E-state index contributed by atoms with van der Waals surface area (Å²) in [6, 6.07) is 21.4. The Kier molecular flexibility index (Phi) is 7.59. The predicted octanol–water partition coefficient (Wildman–Crippen LogP) is 4.40. The number of esters is 1. The predicted molar refractivity (Wildman–Crippen MR) is 115 cm³/mol. The molecule has 0 saturated carbocycles. The van der Waals surface area contributed by atoms with Crippen LogP contribution in [0.4, 0.5) is 0 Å². The molecule has 156 valence electrons. The quantitative estimate of drug-likeness (QED) is 0.406. The molecule has 0 aliphatic carbocycles. The van der Waals surface area contributed by atoms with Crippen molar-refractivity contribution in [3.63, 3.8) is 0 Å². The molecule has 0 bridgehead atoms. The number of hydrogen-bond donors (Lipinski definition) is 1. The third-order valence-corrected chi connectivity index (χ3v) is 5.31. The number of para-hydroxylation sites is 2.